The number of nitrogens with zero attached hydrogens (tertiary/aromatic N) is 1. The maximum absolute atomic E-state index is 11.0. The third-order valence-corrected chi connectivity index (χ3v) is 3.72. The Morgan fingerprint density at radius 3 is 2.60 bits per heavy atom. The molecule has 1 N–H and O–H groups in total. The van der Waals surface area contributed by atoms with E-state index in [2.05, 4.69) is 0 Å². The van der Waals surface area contributed by atoms with Crippen LogP contribution in [0.1, 0.15) is 10.4 Å². The minimum Gasteiger partial charge on any atom is -0.478 e. The number of carboxylic acids is 1. The molecule has 0 heterocycles. The summed E-state index contributed by atoms with van der Waals surface area (Å²) in [7, 11) is 0. The molecule has 0 aliphatic heterocycles. The normalized spacial score (nSPS) is 10.2. The van der Waals surface area contributed by atoms with E-state index in [4.69, 9.17) is 16.7 Å². The van der Waals surface area contributed by atoms with Crippen molar-refractivity contribution in [1.82, 2.24) is 0 Å². The summed E-state index contributed by atoms with van der Waals surface area (Å²) in [5, 5.41) is 20.4. The van der Waals surface area contributed by atoms with Gasteiger partial charge in [0.25, 0.3) is 5.69 Å². The number of aromatic carboxylic acids is 1. The molecule has 0 bridgehead atoms. The average molecular weight is 310 g/mol. The molecule has 0 saturated carbocycles. The maximum atomic E-state index is 11.0. The second-order valence-corrected chi connectivity index (χ2v) is 5.36. The molecular weight excluding hydrogens is 302 g/mol. The van der Waals surface area contributed by atoms with Crippen molar-refractivity contribution < 1.29 is 14.8 Å². The molecule has 0 aliphatic carbocycles. The first-order chi connectivity index (χ1) is 9.47. The molecule has 2 rings (SSSR count). The third-order valence-electron chi connectivity index (χ3n) is 2.43. The molecule has 0 unspecified atom stereocenters. The van der Waals surface area contributed by atoms with Crippen LogP contribution in [0.15, 0.2) is 52.3 Å². The quantitative estimate of drug-likeness (QED) is 0.679. The highest BCUT2D eigenvalue weighted by molar-refractivity contribution is 7.99. The molecule has 0 radical (unpaired) electrons. The third kappa shape index (κ3) is 3.28. The van der Waals surface area contributed by atoms with Gasteiger partial charge in [-0.2, -0.15) is 0 Å². The molecule has 0 amide bonds. The number of carboxylic acid groups (broad SMARTS) is 1. The Bertz CT molecular complexity index is 690. The summed E-state index contributed by atoms with van der Waals surface area (Å²) in [4.78, 5) is 22.4. The van der Waals surface area contributed by atoms with Gasteiger partial charge in [0, 0.05) is 16.0 Å². The van der Waals surface area contributed by atoms with Crippen molar-refractivity contribution in [3.8, 4) is 0 Å². The SMILES string of the molecule is O=C(O)c1ccc(Sc2cccc(Cl)c2)c([N+](=O)[O-])c1. The number of carbonyl (C=O) groups is 1. The monoisotopic (exact) mass is 309 g/mol. The van der Waals surface area contributed by atoms with E-state index >= 15 is 0 Å². The molecule has 20 heavy (non-hydrogen) atoms. The zero-order valence-corrected chi connectivity index (χ0v) is 11.5. The molecule has 0 aliphatic rings. The van der Waals surface area contributed by atoms with E-state index in [1.807, 2.05) is 0 Å². The van der Waals surface area contributed by atoms with E-state index in [0.717, 1.165) is 22.7 Å². The number of rotatable bonds is 4. The zero-order chi connectivity index (χ0) is 14.7. The zero-order valence-electron chi connectivity index (χ0n) is 9.95. The van der Waals surface area contributed by atoms with E-state index < -0.39 is 10.9 Å². The molecule has 2 aromatic rings. The van der Waals surface area contributed by atoms with E-state index in [-0.39, 0.29) is 11.3 Å². The highest BCUT2D eigenvalue weighted by Crippen LogP contribution is 2.36. The van der Waals surface area contributed by atoms with Crippen LogP contribution < -0.4 is 0 Å². The molecular formula is C13H8ClNO4S. The van der Waals surface area contributed by atoms with Gasteiger partial charge in [0.2, 0.25) is 0 Å². The van der Waals surface area contributed by atoms with Crippen molar-refractivity contribution in [3.63, 3.8) is 0 Å². The Kier molecular flexibility index (Phi) is 4.26. The second-order valence-electron chi connectivity index (χ2n) is 3.80. The fourth-order valence-electron chi connectivity index (χ4n) is 1.54. The van der Waals surface area contributed by atoms with E-state index in [1.165, 1.54) is 12.1 Å². The van der Waals surface area contributed by atoms with Crippen molar-refractivity contribution in [3.05, 3.63) is 63.2 Å². The highest BCUT2D eigenvalue weighted by atomic mass is 35.5. The first kappa shape index (κ1) is 14.4. The van der Waals surface area contributed by atoms with Gasteiger partial charge in [-0.1, -0.05) is 29.4 Å². The lowest BCUT2D eigenvalue weighted by molar-refractivity contribution is -0.387. The Morgan fingerprint density at radius 2 is 2.00 bits per heavy atom. The number of nitro benzene ring substituents is 1. The predicted molar refractivity (Wildman–Crippen MR) is 75.6 cm³/mol. The first-order valence-electron chi connectivity index (χ1n) is 5.42. The fraction of sp³-hybridized carbons (Fsp3) is 0. The molecule has 0 spiro atoms. The summed E-state index contributed by atoms with van der Waals surface area (Å²) in [5.74, 6) is -1.20. The summed E-state index contributed by atoms with van der Waals surface area (Å²) < 4.78 is 0. The second kappa shape index (κ2) is 5.94. The van der Waals surface area contributed by atoms with Crippen molar-refractivity contribution in [2.75, 3.05) is 0 Å². The van der Waals surface area contributed by atoms with Crippen LogP contribution in [0.5, 0.6) is 0 Å². The number of hydrogen-bond acceptors (Lipinski definition) is 4. The van der Waals surface area contributed by atoms with Crippen molar-refractivity contribution in [2.24, 2.45) is 0 Å². The largest absolute Gasteiger partial charge is 0.478 e. The first-order valence-corrected chi connectivity index (χ1v) is 6.62. The van der Waals surface area contributed by atoms with E-state index in [1.54, 1.807) is 24.3 Å². The van der Waals surface area contributed by atoms with Crippen LogP contribution >= 0.6 is 23.4 Å². The highest BCUT2D eigenvalue weighted by Gasteiger charge is 2.18. The maximum Gasteiger partial charge on any atom is 0.335 e. The van der Waals surface area contributed by atoms with E-state index in [0.29, 0.717) is 9.92 Å². The van der Waals surface area contributed by atoms with Crippen LogP contribution in [0.4, 0.5) is 5.69 Å². The smallest absolute Gasteiger partial charge is 0.335 e. The Morgan fingerprint density at radius 1 is 1.25 bits per heavy atom. The molecule has 0 fully saturated rings. The molecule has 0 saturated heterocycles. The van der Waals surface area contributed by atoms with Crippen molar-refractivity contribution >= 4 is 35.0 Å². The molecule has 0 atom stereocenters. The van der Waals surface area contributed by atoms with Gasteiger partial charge in [-0.3, -0.25) is 10.1 Å². The van der Waals surface area contributed by atoms with Gasteiger partial charge in [0.1, 0.15) is 0 Å². The number of benzene rings is 2. The average Bonchev–Trinajstić information content (AvgIpc) is 2.38. The van der Waals surface area contributed by atoms with Gasteiger partial charge in [-0.15, -0.1) is 0 Å². The lowest BCUT2D eigenvalue weighted by Crippen LogP contribution is -1.99. The van der Waals surface area contributed by atoms with Gasteiger partial charge in [0.05, 0.1) is 15.4 Å². The summed E-state index contributed by atoms with van der Waals surface area (Å²) in [6, 6.07) is 10.7. The summed E-state index contributed by atoms with van der Waals surface area (Å²) in [6.07, 6.45) is 0. The van der Waals surface area contributed by atoms with Gasteiger partial charge in [-0.05, 0) is 30.3 Å². The van der Waals surface area contributed by atoms with Crippen LogP contribution in [0.2, 0.25) is 5.02 Å². The van der Waals surface area contributed by atoms with Gasteiger partial charge >= 0.3 is 5.97 Å². The topological polar surface area (TPSA) is 80.4 Å². The summed E-state index contributed by atoms with van der Waals surface area (Å²) in [5.41, 5.74) is -0.359. The lowest BCUT2D eigenvalue weighted by atomic mass is 10.2. The van der Waals surface area contributed by atoms with Crippen LogP contribution in [-0.2, 0) is 0 Å². The molecule has 2 aromatic carbocycles. The molecule has 7 heteroatoms. The number of nitro groups is 1. The van der Waals surface area contributed by atoms with Gasteiger partial charge in [0.15, 0.2) is 0 Å². The Balaban J connectivity index is 2.41. The summed E-state index contributed by atoms with van der Waals surface area (Å²) in [6.45, 7) is 0. The van der Waals surface area contributed by atoms with Crippen LogP contribution in [-0.4, -0.2) is 16.0 Å². The lowest BCUT2D eigenvalue weighted by Gasteiger charge is -2.04. The number of hydrogen-bond donors (Lipinski definition) is 1. The molecule has 102 valence electrons. The minimum absolute atomic E-state index is 0.118. The molecule has 5 nitrogen and oxygen atoms in total. The van der Waals surface area contributed by atoms with E-state index in [9.17, 15) is 14.9 Å². The van der Waals surface area contributed by atoms with Crippen LogP contribution in [0.25, 0.3) is 0 Å². The minimum atomic E-state index is -1.20. The van der Waals surface area contributed by atoms with Crippen molar-refractivity contribution in [1.29, 1.82) is 0 Å². The Labute approximate surface area is 123 Å². The standard InChI is InChI=1S/C13H8ClNO4S/c14-9-2-1-3-10(7-9)20-12-5-4-8(13(16)17)6-11(12)15(18)19/h1-7H,(H,16,17). The van der Waals surface area contributed by atoms with Gasteiger partial charge in [-0.25, -0.2) is 4.79 Å². The predicted octanol–water partition coefficient (Wildman–Crippen LogP) is 4.10. The van der Waals surface area contributed by atoms with Crippen molar-refractivity contribution in [2.45, 2.75) is 9.79 Å². The fourth-order valence-corrected chi connectivity index (χ4v) is 2.75. The Hall–Kier alpha value is -2.05. The molecule has 0 aromatic heterocycles. The van der Waals surface area contributed by atoms with Crippen LogP contribution in [0, 0.1) is 10.1 Å². The summed E-state index contributed by atoms with van der Waals surface area (Å²) >= 11 is 7.01. The van der Waals surface area contributed by atoms with Gasteiger partial charge < -0.3 is 5.11 Å². The number of halogens is 1. The van der Waals surface area contributed by atoms with Crippen LogP contribution in [0.3, 0.4) is 0 Å².